The van der Waals surface area contributed by atoms with Crippen molar-refractivity contribution in [3.05, 3.63) is 35.4 Å². The summed E-state index contributed by atoms with van der Waals surface area (Å²) in [5.41, 5.74) is 7.84. The Kier molecular flexibility index (Phi) is 5.76. The van der Waals surface area contributed by atoms with Crippen LogP contribution < -0.4 is 5.73 Å². The van der Waals surface area contributed by atoms with E-state index < -0.39 is 5.91 Å². The summed E-state index contributed by atoms with van der Waals surface area (Å²) < 4.78 is 11.8. The Hall–Kier alpha value is -1.39. The van der Waals surface area contributed by atoms with E-state index in [4.69, 9.17) is 15.2 Å². The molecule has 0 saturated carbocycles. The Morgan fingerprint density at radius 2 is 1.81 bits per heavy atom. The largest absolute Gasteiger partial charge is 0.383 e. The standard InChI is InChI=1S/C17H26N2O2/c1-3-5-6-7-10-13-21-17(20-4-2)15-12-9-8-11-14(15)16(18)19-17/h8-9,11-12H,3-7,10,13H2,1-2H3,(H2,18,19). The molecular weight excluding hydrogens is 264 g/mol. The van der Waals surface area contributed by atoms with Gasteiger partial charge in [0.15, 0.2) is 0 Å². The van der Waals surface area contributed by atoms with Gasteiger partial charge in [-0.25, -0.2) is 4.99 Å². The Bertz CT molecular complexity index is 487. The maximum atomic E-state index is 6.02. The molecule has 0 fully saturated rings. The Labute approximate surface area is 127 Å². The van der Waals surface area contributed by atoms with Gasteiger partial charge in [0, 0.05) is 17.7 Å². The van der Waals surface area contributed by atoms with Gasteiger partial charge in [0.25, 0.3) is 0 Å². The first-order chi connectivity index (χ1) is 10.2. The Balaban J connectivity index is 2.02. The summed E-state index contributed by atoms with van der Waals surface area (Å²) in [6, 6.07) is 7.85. The SMILES string of the molecule is CCCCCCCOC1(OCC)N=C(N)c2ccccc21. The lowest BCUT2D eigenvalue weighted by Crippen LogP contribution is -2.30. The molecule has 2 rings (SSSR count). The lowest BCUT2D eigenvalue weighted by Gasteiger charge is -2.27. The lowest BCUT2D eigenvalue weighted by atomic mass is 10.1. The molecule has 4 nitrogen and oxygen atoms in total. The number of fused-ring (bicyclic) bond motifs is 1. The van der Waals surface area contributed by atoms with E-state index in [0.29, 0.717) is 19.0 Å². The first-order valence-corrected chi connectivity index (χ1v) is 7.96. The van der Waals surface area contributed by atoms with E-state index in [1.165, 1.54) is 25.7 Å². The maximum Gasteiger partial charge on any atom is 0.300 e. The number of hydrogen-bond acceptors (Lipinski definition) is 4. The summed E-state index contributed by atoms with van der Waals surface area (Å²) in [6.07, 6.45) is 5.98. The van der Waals surface area contributed by atoms with Crippen molar-refractivity contribution in [2.24, 2.45) is 10.7 Å². The monoisotopic (exact) mass is 290 g/mol. The van der Waals surface area contributed by atoms with Crippen LogP contribution in [0.25, 0.3) is 0 Å². The van der Waals surface area contributed by atoms with Crippen LogP contribution in [0.3, 0.4) is 0 Å². The zero-order valence-corrected chi connectivity index (χ0v) is 13.1. The Morgan fingerprint density at radius 3 is 2.57 bits per heavy atom. The molecule has 0 spiro atoms. The quantitative estimate of drug-likeness (QED) is 0.559. The first-order valence-electron chi connectivity index (χ1n) is 7.96. The van der Waals surface area contributed by atoms with E-state index in [9.17, 15) is 0 Å². The van der Waals surface area contributed by atoms with E-state index in [1.54, 1.807) is 0 Å². The van der Waals surface area contributed by atoms with E-state index in [-0.39, 0.29) is 0 Å². The topological polar surface area (TPSA) is 56.8 Å². The van der Waals surface area contributed by atoms with Crippen LogP contribution in [0.1, 0.15) is 57.1 Å². The molecule has 0 radical (unpaired) electrons. The van der Waals surface area contributed by atoms with Crippen LogP contribution in [0.4, 0.5) is 0 Å². The fraction of sp³-hybridized carbons (Fsp3) is 0.588. The van der Waals surface area contributed by atoms with Crippen molar-refractivity contribution in [3.63, 3.8) is 0 Å². The molecule has 116 valence electrons. The molecule has 1 heterocycles. The number of unbranched alkanes of at least 4 members (excludes halogenated alkanes) is 4. The molecule has 0 saturated heterocycles. The van der Waals surface area contributed by atoms with Gasteiger partial charge in [-0.15, -0.1) is 0 Å². The average Bonchev–Trinajstić information content (AvgIpc) is 2.77. The number of aliphatic imine (C=N–C) groups is 1. The molecule has 1 aliphatic heterocycles. The molecule has 1 unspecified atom stereocenters. The number of nitrogens with two attached hydrogens (primary N) is 1. The predicted octanol–water partition coefficient (Wildman–Crippen LogP) is 3.54. The van der Waals surface area contributed by atoms with Crippen molar-refractivity contribution in [1.82, 2.24) is 0 Å². The van der Waals surface area contributed by atoms with E-state index in [2.05, 4.69) is 11.9 Å². The van der Waals surface area contributed by atoms with Gasteiger partial charge in [0.1, 0.15) is 5.84 Å². The summed E-state index contributed by atoms with van der Waals surface area (Å²) in [5.74, 6) is -0.551. The predicted molar refractivity (Wildman–Crippen MR) is 85.2 cm³/mol. The molecule has 0 amide bonds. The van der Waals surface area contributed by atoms with Gasteiger partial charge in [-0.1, -0.05) is 56.9 Å². The fourth-order valence-corrected chi connectivity index (χ4v) is 2.63. The van der Waals surface area contributed by atoms with Crippen molar-refractivity contribution >= 4 is 5.84 Å². The molecule has 21 heavy (non-hydrogen) atoms. The summed E-state index contributed by atoms with van der Waals surface area (Å²) in [7, 11) is 0. The van der Waals surface area contributed by atoms with Crippen molar-refractivity contribution in [3.8, 4) is 0 Å². The van der Waals surface area contributed by atoms with E-state index in [1.807, 2.05) is 31.2 Å². The van der Waals surface area contributed by atoms with Gasteiger partial charge in [0.05, 0.1) is 6.61 Å². The van der Waals surface area contributed by atoms with E-state index >= 15 is 0 Å². The summed E-state index contributed by atoms with van der Waals surface area (Å²) in [5, 5.41) is 0. The van der Waals surface area contributed by atoms with Crippen LogP contribution in [0.2, 0.25) is 0 Å². The van der Waals surface area contributed by atoms with Crippen molar-refractivity contribution < 1.29 is 9.47 Å². The van der Waals surface area contributed by atoms with Crippen LogP contribution in [0.15, 0.2) is 29.3 Å². The molecule has 1 aromatic rings. The van der Waals surface area contributed by atoms with Crippen LogP contribution >= 0.6 is 0 Å². The molecule has 1 aliphatic rings. The van der Waals surface area contributed by atoms with Gasteiger partial charge < -0.3 is 15.2 Å². The van der Waals surface area contributed by atoms with Gasteiger partial charge in [-0.05, 0) is 13.3 Å². The molecule has 4 heteroatoms. The normalized spacial score (nSPS) is 20.4. The average molecular weight is 290 g/mol. The second kappa shape index (κ2) is 7.57. The highest BCUT2D eigenvalue weighted by Crippen LogP contribution is 2.37. The number of rotatable bonds is 9. The second-order valence-corrected chi connectivity index (χ2v) is 5.32. The number of nitrogens with zero attached hydrogens (tertiary/aromatic N) is 1. The maximum absolute atomic E-state index is 6.02. The third-order valence-corrected chi connectivity index (χ3v) is 3.70. The van der Waals surface area contributed by atoms with Crippen LogP contribution in [0.5, 0.6) is 0 Å². The summed E-state index contributed by atoms with van der Waals surface area (Å²) in [4.78, 5) is 4.46. The minimum atomic E-state index is -1.04. The lowest BCUT2D eigenvalue weighted by molar-refractivity contribution is -0.237. The third-order valence-electron chi connectivity index (χ3n) is 3.70. The smallest absolute Gasteiger partial charge is 0.300 e. The molecule has 2 N–H and O–H groups in total. The van der Waals surface area contributed by atoms with Gasteiger partial charge >= 0.3 is 5.91 Å². The number of ether oxygens (including phenoxy) is 2. The highest BCUT2D eigenvalue weighted by molar-refractivity contribution is 6.01. The van der Waals surface area contributed by atoms with Crippen LogP contribution in [0, 0.1) is 0 Å². The Morgan fingerprint density at radius 1 is 1.05 bits per heavy atom. The van der Waals surface area contributed by atoms with Crippen LogP contribution in [-0.4, -0.2) is 19.0 Å². The summed E-state index contributed by atoms with van der Waals surface area (Å²) in [6.45, 7) is 5.32. The highest BCUT2D eigenvalue weighted by atomic mass is 16.7. The molecule has 0 aromatic heterocycles. The van der Waals surface area contributed by atoms with Crippen molar-refractivity contribution in [1.29, 1.82) is 0 Å². The highest BCUT2D eigenvalue weighted by Gasteiger charge is 2.41. The number of benzene rings is 1. The molecule has 1 aromatic carbocycles. The second-order valence-electron chi connectivity index (χ2n) is 5.32. The zero-order chi connectivity index (χ0) is 15.1. The van der Waals surface area contributed by atoms with Crippen molar-refractivity contribution in [2.45, 2.75) is 51.9 Å². The fourth-order valence-electron chi connectivity index (χ4n) is 2.63. The first kappa shape index (κ1) is 16.0. The number of hydrogen-bond donors (Lipinski definition) is 1. The minimum absolute atomic E-state index is 0.491. The van der Waals surface area contributed by atoms with E-state index in [0.717, 1.165) is 17.5 Å². The molecular formula is C17H26N2O2. The summed E-state index contributed by atoms with van der Waals surface area (Å²) >= 11 is 0. The number of amidine groups is 1. The minimum Gasteiger partial charge on any atom is -0.383 e. The van der Waals surface area contributed by atoms with Gasteiger partial charge in [0.2, 0.25) is 0 Å². The van der Waals surface area contributed by atoms with Crippen molar-refractivity contribution in [2.75, 3.05) is 13.2 Å². The van der Waals surface area contributed by atoms with Gasteiger partial charge in [-0.3, -0.25) is 0 Å². The van der Waals surface area contributed by atoms with Gasteiger partial charge in [-0.2, -0.15) is 0 Å². The molecule has 1 atom stereocenters. The van der Waals surface area contributed by atoms with Crippen LogP contribution in [-0.2, 0) is 15.4 Å². The molecule has 0 aliphatic carbocycles. The zero-order valence-electron chi connectivity index (χ0n) is 13.1. The molecule has 0 bridgehead atoms. The third kappa shape index (κ3) is 3.63.